The van der Waals surface area contributed by atoms with Crippen molar-refractivity contribution in [1.82, 2.24) is 15.0 Å². The van der Waals surface area contributed by atoms with Gasteiger partial charge in [-0.3, -0.25) is 4.98 Å². The summed E-state index contributed by atoms with van der Waals surface area (Å²) in [6, 6.07) is 13.0. The van der Waals surface area contributed by atoms with Crippen molar-refractivity contribution in [2.75, 3.05) is 5.32 Å². The Balaban J connectivity index is 1.79. The van der Waals surface area contributed by atoms with Crippen molar-refractivity contribution < 1.29 is 0 Å². The lowest BCUT2D eigenvalue weighted by Crippen LogP contribution is -2.03. The van der Waals surface area contributed by atoms with Crippen LogP contribution >= 0.6 is 23.2 Å². The molecule has 110 valence electrons. The van der Waals surface area contributed by atoms with E-state index in [9.17, 15) is 0 Å². The van der Waals surface area contributed by atoms with E-state index in [-0.39, 0.29) is 0 Å². The highest BCUT2D eigenvalue weighted by Crippen LogP contribution is 2.20. The van der Waals surface area contributed by atoms with Gasteiger partial charge in [-0.05, 0) is 29.8 Å². The molecule has 1 aromatic carbocycles. The zero-order valence-electron chi connectivity index (χ0n) is 11.5. The maximum Gasteiger partial charge on any atom is 0.163 e. The summed E-state index contributed by atoms with van der Waals surface area (Å²) < 4.78 is 0. The molecule has 6 heteroatoms. The number of hydrogen-bond donors (Lipinski definition) is 1. The van der Waals surface area contributed by atoms with Crippen LogP contribution in [0.25, 0.3) is 11.4 Å². The number of nitrogens with one attached hydrogen (secondary N) is 1. The van der Waals surface area contributed by atoms with Crippen molar-refractivity contribution in [3.63, 3.8) is 0 Å². The van der Waals surface area contributed by atoms with E-state index >= 15 is 0 Å². The predicted molar refractivity (Wildman–Crippen MR) is 89.1 cm³/mol. The second kappa shape index (κ2) is 6.73. The molecule has 2 aromatic heterocycles. The van der Waals surface area contributed by atoms with E-state index in [2.05, 4.69) is 20.3 Å². The number of nitrogens with zero attached hydrogens (tertiary/aromatic N) is 3. The number of benzene rings is 1. The van der Waals surface area contributed by atoms with Crippen LogP contribution in [0.1, 0.15) is 5.56 Å². The maximum atomic E-state index is 6.08. The standard InChI is InChI=1S/C16H12Cl2N4/c17-13-3-1-11(2-4-13)10-20-15-9-14(18)21-16(22-15)12-5-7-19-8-6-12/h1-9H,10H2,(H,20,21,22). The second-order valence-corrected chi connectivity index (χ2v) is 5.44. The number of anilines is 1. The molecule has 0 unspecified atom stereocenters. The smallest absolute Gasteiger partial charge is 0.163 e. The zero-order chi connectivity index (χ0) is 15.4. The van der Waals surface area contributed by atoms with E-state index in [0.717, 1.165) is 11.1 Å². The molecule has 22 heavy (non-hydrogen) atoms. The SMILES string of the molecule is Clc1ccc(CNc2cc(Cl)nc(-c3ccncc3)n2)cc1. The molecular formula is C16H12Cl2N4. The van der Waals surface area contributed by atoms with Gasteiger partial charge < -0.3 is 5.32 Å². The van der Waals surface area contributed by atoms with Crippen molar-refractivity contribution in [3.8, 4) is 11.4 Å². The van der Waals surface area contributed by atoms with Gasteiger partial charge in [0.1, 0.15) is 11.0 Å². The van der Waals surface area contributed by atoms with E-state index in [4.69, 9.17) is 23.2 Å². The molecule has 0 aliphatic rings. The summed E-state index contributed by atoms with van der Waals surface area (Å²) in [5.74, 6) is 1.23. The van der Waals surface area contributed by atoms with Gasteiger partial charge in [-0.1, -0.05) is 35.3 Å². The molecule has 0 bridgehead atoms. The van der Waals surface area contributed by atoms with Crippen molar-refractivity contribution in [2.24, 2.45) is 0 Å². The molecule has 0 fully saturated rings. The van der Waals surface area contributed by atoms with Crippen LogP contribution < -0.4 is 5.32 Å². The summed E-state index contributed by atoms with van der Waals surface area (Å²) in [5.41, 5.74) is 1.97. The van der Waals surface area contributed by atoms with Gasteiger partial charge in [0.05, 0.1) is 0 Å². The minimum atomic E-state index is 0.389. The van der Waals surface area contributed by atoms with Crippen LogP contribution in [0.2, 0.25) is 10.2 Å². The van der Waals surface area contributed by atoms with E-state index in [1.54, 1.807) is 18.5 Å². The predicted octanol–water partition coefficient (Wildman–Crippen LogP) is 4.46. The van der Waals surface area contributed by atoms with Crippen LogP contribution in [0.5, 0.6) is 0 Å². The van der Waals surface area contributed by atoms with E-state index < -0.39 is 0 Å². The van der Waals surface area contributed by atoms with Gasteiger partial charge in [0.25, 0.3) is 0 Å². The third kappa shape index (κ3) is 3.72. The fourth-order valence-corrected chi connectivity index (χ4v) is 2.24. The molecule has 3 aromatic rings. The first-order valence-electron chi connectivity index (χ1n) is 6.64. The number of halogens is 2. The lowest BCUT2D eigenvalue weighted by Gasteiger charge is -2.08. The van der Waals surface area contributed by atoms with Gasteiger partial charge in [-0.2, -0.15) is 0 Å². The first-order chi connectivity index (χ1) is 10.7. The lowest BCUT2D eigenvalue weighted by atomic mass is 10.2. The molecule has 1 N–H and O–H groups in total. The normalized spacial score (nSPS) is 10.5. The fourth-order valence-electron chi connectivity index (χ4n) is 1.93. The zero-order valence-corrected chi connectivity index (χ0v) is 13.0. The highest BCUT2D eigenvalue weighted by molar-refractivity contribution is 6.30. The van der Waals surface area contributed by atoms with Gasteiger partial charge in [-0.25, -0.2) is 9.97 Å². The molecule has 0 saturated heterocycles. The van der Waals surface area contributed by atoms with E-state index in [1.807, 2.05) is 36.4 Å². The van der Waals surface area contributed by atoms with Crippen molar-refractivity contribution in [3.05, 3.63) is 70.6 Å². The van der Waals surface area contributed by atoms with Crippen molar-refractivity contribution >= 4 is 29.0 Å². The van der Waals surface area contributed by atoms with Crippen LogP contribution in [0.3, 0.4) is 0 Å². The van der Waals surface area contributed by atoms with Crippen LogP contribution in [0.15, 0.2) is 54.9 Å². The summed E-state index contributed by atoms with van der Waals surface area (Å²) in [6.45, 7) is 0.625. The number of hydrogen-bond acceptors (Lipinski definition) is 4. The summed E-state index contributed by atoms with van der Waals surface area (Å²) >= 11 is 12.0. The Labute approximate surface area is 138 Å². The summed E-state index contributed by atoms with van der Waals surface area (Å²) in [5, 5.41) is 4.34. The van der Waals surface area contributed by atoms with Crippen LogP contribution in [0, 0.1) is 0 Å². The highest BCUT2D eigenvalue weighted by atomic mass is 35.5. The molecule has 0 spiro atoms. The van der Waals surface area contributed by atoms with Gasteiger partial charge >= 0.3 is 0 Å². The maximum absolute atomic E-state index is 6.08. The summed E-state index contributed by atoms with van der Waals surface area (Å²) in [4.78, 5) is 12.7. The van der Waals surface area contributed by atoms with Crippen molar-refractivity contribution in [2.45, 2.75) is 6.54 Å². The molecule has 4 nitrogen and oxygen atoms in total. The number of rotatable bonds is 4. The molecule has 0 saturated carbocycles. The lowest BCUT2D eigenvalue weighted by molar-refractivity contribution is 1.08. The van der Waals surface area contributed by atoms with Gasteiger partial charge in [0.15, 0.2) is 5.82 Å². The summed E-state index contributed by atoms with van der Waals surface area (Å²) in [7, 11) is 0. The third-order valence-electron chi connectivity index (χ3n) is 3.02. The molecule has 0 aliphatic carbocycles. The Morgan fingerprint density at radius 2 is 1.64 bits per heavy atom. The Hall–Kier alpha value is -2.17. The van der Waals surface area contributed by atoms with Crippen LogP contribution in [0.4, 0.5) is 5.82 Å². The van der Waals surface area contributed by atoms with Crippen molar-refractivity contribution in [1.29, 1.82) is 0 Å². The Bertz CT molecular complexity index is 761. The van der Waals surface area contributed by atoms with Gasteiger partial charge in [0.2, 0.25) is 0 Å². The van der Waals surface area contributed by atoms with Crippen LogP contribution in [-0.2, 0) is 6.54 Å². The molecule has 2 heterocycles. The molecular weight excluding hydrogens is 319 g/mol. The minimum Gasteiger partial charge on any atom is -0.366 e. The minimum absolute atomic E-state index is 0.389. The first kappa shape index (κ1) is 14.8. The second-order valence-electron chi connectivity index (χ2n) is 4.62. The van der Waals surface area contributed by atoms with Gasteiger partial charge in [-0.15, -0.1) is 0 Å². The molecule has 0 atom stereocenters. The van der Waals surface area contributed by atoms with E-state index in [1.165, 1.54) is 0 Å². The Morgan fingerprint density at radius 1 is 0.909 bits per heavy atom. The third-order valence-corrected chi connectivity index (χ3v) is 3.47. The molecule has 3 rings (SSSR count). The average Bonchev–Trinajstić information content (AvgIpc) is 2.55. The monoisotopic (exact) mass is 330 g/mol. The average molecular weight is 331 g/mol. The fraction of sp³-hybridized carbons (Fsp3) is 0.0625. The quantitative estimate of drug-likeness (QED) is 0.717. The largest absolute Gasteiger partial charge is 0.366 e. The molecule has 0 amide bonds. The number of aromatic nitrogens is 3. The topological polar surface area (TPSA) is 50.7 Å². The Morgan fingerprint density at radius 3 is 2.36 bits per heavy atom. The van der Waals surface area contributed by atoms with Gasteiger partial charge in [0, 0.05) is 35.6 Å². The Kier molecular flexibility index (Phi) is 4.51. The molecule has 0 radical (unpaired) electrons. The highest BCUT2D eigenvalue weighted by Gasteiger charge is 2.05. The number of pyridine rings is 1. The molecule has 0 aliphatic heterocycles. The first-order valence-corrected chi connectivity index (χ1v) is 7.39. The van der Waals surface area contributed by atoms with Crippen LogP contribution in [-0.4, -0.2) is 15.0 Å². The summed E-state index contributed by atoms with van der Waals surface area (Å²) in [6.07, 6.45) is 3.39. The van der Waals surface area contributed by atoms with E-state index in [0.29, 0.717) is 28.4 Å².